The molecule has 1 fully saturated rings. The molecule has 0 aliphatic heterocycles. The van der Waals surface area contributed by atoms with Crippen molar-refractivity contribution in [3.8, 4) is 11.4 Å². The summed E-state index contributed by atoms with van der Waals surface area (Å²) in [7, 11) is 0. The Morgan fingerprint density at radius 1 is 1.23 bits per heavy atom. The largest absolute Gasteiger partial charge is 0.393 e. The molecule has 1 saturated carbocycles. The lowest BCUT2D eigenvalue weighted by Gasteiger charge is -2.16. The van der Waals surface area contributed by atoms with Gasteiger partial charge in [-0.05, 0) is 37.0 Å². The van der Waals surface area contributed by atoms with Gasteiger partial charge in [0.15, 0.2) is 11.2 Å². The number of benzene rings is 1. The number of rotatable bonds is 4. The highest BCUT2D eigenvalue weighted by Crippen LogP contribution is 2.36. The van der Waals surface area contributed by atoms with Crippen LogP contribution in [-0.4, -0.2) is 40.9 Å². The van der Waals surface area contributed by atoms with Crippen LogP contribution in [0.3, 0.4) is 0 Å². The number of fused-ring (bicyclic) bond motifs is 1. The first-order chi connectivity index (χ1) is 14.5. The number of aliphatic hydroxyl groups excluding tert-OH is 1. The molecule has 30 heavy (non-hydrogen) atoms. The SMILES string of the molecule is O=c1[nH]c(=O)c2c(nc(-c3c[nH]nc3Cc3cccc(F)c3)n2C2CCC(O)C2)[nH]1. The van der Waals surface area contributed by atoms with Crippen LogP contribution in [0.15, 0.2) is 40.1 Å². The fourth-order valence-corrected chi connectivity index (χ4v) is 4.24. The van der Waals surface area contributed by atoms with Crippen LogP contribution in [-0.2, 0) is 6.42 Å². The summed E-state index contributed by atoms with van der Waals surface area (Å²) < 4.78 is 15.4. The quantitative estimate of drug-likeness (QED) is 0.406. The van der Waals surface area contributed by atoms with Gasteiger partial charge in [0.1, 0.15) is 11.6 Å². The van der Waals surface area contributed by atoms with Crippen molar-refractivity contribution >= 4 is 11.2 Å². The van der Waals surface area contributed by atoms with Crippen molar-refractivity contribution in [2.45, 2.75) is 37.8 Å². The number of aliphatic hydroxyl groups is 1. The molecular formula is C20H19FN6O3. The molecule has 1 aromatic carbocycles. The fourth-order valence-electron chi connectivity index (χ4n) is 4.24. The molecule has 9 nitrogen and oxygen atoms in total. The molecule has 0 saturated heterocycles. The van der Waals surface area contributed by atoms with Gasteiger partial charge < -0.3 is 9.67 Å². The van der Waals surface area contributed by atoms with Crippen LogP contribution in [0, 0.1) is 5.82 Å². The van der Waals surface area contributed by atoms with Crippen molar-refractivity contribution in [1.82, 2.24) is 29.7 Å². The molecule has 154 valence electrons. The Morgan fingerprint density at radius 2 is 2.10 bits per heavy atom. The van der Waals surface area contributed by atoms with E-state index in [1.807, 2.05) is 0 Å². The summed E-state index contributed by atoms with van der Waals surface area (Å²) in [6.07, 6.45) is 3.35. The number of halogens is 1. The third-order valence-electron chi connectivity index (χ3n) is 5.55. The highest BCUT2D eigenvalue weighted by atomic mass is 19.1. The van der Waals surface area contributed by atoms with Crippen molar-refractivity contribution in [1.29, 1.82) is 0 Å². The molecular weight excluding hydrogens is 391 g/mol. The monoisotopic (exact) mass is 410 g/mol. The second kappa shape index (κ2) is 7.06. The van der Waals surface area contributed by atoms with Gasteiger partial charge in [0.2, 0.25) is 0 Å². The van der Waals surface area contributed by atoms with Crippen LogP contribution in [0.4, 0.5) is 4.39 Å². The maximum absolute atomic E-state index is 13.6. The molecule has 2 unspecified atom stereocenters. The summed E-state index contributed by atoms with van der Waals surface area (Å²) in [6.45, 7) is 0. The van der Waals surface area contributed by atoms with Crippen molar-refractivity contribution in [3.05, 3.63) is 68.4 Å². The maximum Gasteiger partial charge on any atom is 0.327 e. The molecule has 1 aliphatic carbocycles. The third kappa shape index (κ3) is 3.14. The Hall–Kier alpha value is -3.53. The van der Waals surface area contributed by atoms with E-state index in [1.54, 1.807) is 22.9 Å². The van der Waals surface area contributed by atoms with E-state index in [9.17, 15) is 19.1 Å². The van der Waals surface area contributed by atoms with E-state index in [1.165, 1.54) is 12.1 Å². The third-order valence-corrected chi connectivity index (χ3v) is 5.55. The Kier molecular flexibility index (Phi) is 4.35. The predicted molar refractivity (Wildman–Crippen MR) is 107 cm³/mol. The molecule has 4 N–H and O–H groups in total. The van der Waals surface area contributed by atoms with E-state index in [0.29, 0.717) is 42.8 Å². The Bertz CT molecular complexity index is 1350. The fraction of sp³-hybridized carbons (Fsp3) is 0.300. The van der Waals surface area contributed by atoms with Crippen LogP contribution in [0.25, 0.3) is 22.6 Å². The van der Waals surface area contributed by atoms with Gasteiger partial charge in [0.25, 0.3) is 5.56 Å². The number of aromatic amines is 3. The molecule has 0 amide bonds. The molecule has 1 aliphatic rings. The number of imidazole rings is 1. The van der Waals surface area contributed by atoms with E-state index in [2.05, 4.69) is 25.1 Å². The zero-order valence-electron chi connectivity index (χ0n) is 15.9. The average molecular weight is 410 g/mol. The topological polar surface area (TPSA) is 132 Å². The van der Waals surface area contributed by atoms with Gasteiger partial charge in [-0.1, -0.05) is 12.1 Å². The summed E-state index contributed by atoms with van der Waals surface area (Å²) in [6, 6.07) is 6.11. The predicted octanol–water partition coefficient (Wildman–Crippen LogP) is 1.62. The zero-order chi connectivity index (χ0) is 20.8. The Morgan fingerprint density at radius 3 is 2.87 bits per heavy atom. The average Bonchev–Trinajstić information content (AvgIpc) is 3.39. The molecule has 0 bridgehead atoms. The Balaban J connectivity index is 1.68. The van der Waals surface area contributed by atoms with E-state index >= 15 is 0 Å². The summed E-state index contributed by atoms with van der Waals surface area (Å²) in [4.78, 5) is 33.7. The molecule has 10 heteroatoms. The highest BCUT2D eigenvalue weighted by Gasteiger charge is 2.30. The van der Waals surface area contributed by atoms with Gasteiger partial charge in [0, 0.05) is 18.7 Å². The van der Waals surface area contributed by atoms with E-state index in [-0.39, 0.29) is 23.0 Å². The molecule has 0 radical (unpaired) electrons. The van der Waals surface area contributed by atoms with E-state index in [4.69, 9.17) is 0 Å². The second-order valence-electron chi connectivity index (χ2n) is 7.58. The van der Waals surface area contributed by atoms with E-state index < -0.39 is 17.4 Å². The van der Waals surface area contributed by atoms with Gasteiger partial charge in [-0.2, -0.15) is 5.10 Å². The number of nitrogens with one attached hydrogen (secondary N) is 3. The highest BCUT2D eigenvalue weighted by molar-refractivity contribution is 5.77. The molecule has 2 atom stereocenters. The van der Waals surface area contributed by atoms with Gasteiger partial charge in [-0.25, -0.2) is 14.2 Å². The van der Waals surface area contributed by atoms with E-state index in [0.717, 1.165) is 5.56 Å². The van der Waals surface area contributed by atoms with Gasteiger partial charge >= 0.3 is 5.69 Å². The summed E-state index contributed by atoms with van der Waals surface area (Å²) in [5, 5.41) is 17.2. The van der Waals surface area contributed by atoms with Crippen molar-refractivity contribution in [3.63, 3.8) is 0 Å². The van der Waals surface area contributed by atoms with Crippen molar-refractivity contribution in [2.75, 3.05) is 0 Å². The van der Waals surface area contributed by atoms with Gasteiger partial charge in [-0.3, -0.25) is 19.9 Å². The van der Waals surface area contributed by atoms with Gasteiger partial charge in [-0.15, -0.1) is 0 Å². The number of hydrogen-bond acceptors (Lipinski definition) is 5. The summed E-state index contributed by atoms with van der Waals surface area (Å²) >= 11 is 0. The van der Waals surface area contributed by atoms with Crippen LogP contribution < -0.4 is 11.2 Å². The zero-order valence-corrected chi connectivity index (χ0v) is 15.9. The molecule has 3 heterocycles. The molecule has 0 spiro atoms. The number of H-pyrrole nitrogens is 3. The smallest absolute Gasteiger partial charge is 0.327 e. The van der Waals surface area contributed by atoms with Crippen molar-refractivity contribution in [2.24, 2.45) is 0 Å². The lowest BCUT2D eigenvalue weighted by atomic mass is 10.1. The first kappa shape index (κ1) is 18.5. The minimum absolute atomic E-state index is 0.149. The molecule has 5 rings (SSSR count). The van der Waals surface area contributed by atoms with Crippen molar-refractivity contribution < 1.29 is 9.50 Å². The lowest BCUT2D eigenvalue weighted by molar-refractivity contribution is 0.178. The maximum atomic E-state index is 13.6. The summed E-state index contributed by atoms with van der Waals surface area (Å²) in [5.41, 5.74) is 1.28. The minimum atomic E-state index is -0.637. The lowest BCUT2D eigenvalue weighted by Crippen LogP contribution is -2.24. The standard InChI is InChI=1S/C20H19FN6O3/c21-11-3-1-2-10(6-11)7-15-14(9-22-26-15)18-23-17-16(19(29)25-20(30)24-17)27(18)12-4-5-13(28)8-12/h1-3,6,9,12-13,28H,4-5,7-8H2,(H,22,26)(H2,24,25,29,30). The second-order valence-corrected chi connectivity index (χ2v) is 7.58. The van der Waals surface area contributed by atoms with Crippen LogP contribution in [0.2, 0.25) is 0 Å². The first-order valence-corrected chi connectivity index (χ1v) is 9.69. The molecule has 3 aromatic heterocycles. The van der Waals surface area contributed by atoms with Crippen LogP contribution in [0.5, 0.6) is 0 Å². The number of aromatic nitrogens is 6. The number of nitrogens with zero attached hydrogens (tertiary/aromatic N) is 3. The first-order valence-electron chi connectivity index (χ1n) is 9.69. The summed E-state index contributed by atoms with van der Waals surface area (Å²) in [5.74, 6) is 0.137. The van der Waals surface area contributed by atoms with Gasteiger partial charge in [0.05, 0.1) is 17.4 Å². The van der Waals surface area contributed by atoms with Crippen LogP contribution in [0.1, 0.15) is 36.6 Å². The molecule has 4 aromatic rings. The van der Waals surface area contributed by atoms with Crippen LogP contribution >= 0.6 is 0 Å². The Labute approximate surface area is 168 Å². The normalized spacial score (nSPS) is 19.0. The minimum Gasteiger partial charge on any atom is -0.393 e. The number of hydrogen-bond donors (Lipinski definition) is 4.